The molecule has 0 fully saturated rings. The second-order valence-electron chi connectivity index (χ2n) is 8.00. The quantitative estimate of drug-likeness (QED) is 0.231. The standard InChI is InChI=1S/C27H38O4/c1-2-31-27(29)17-13-8-6-4-3-5-7-9-14-20-30-22-25-21-24(18-19-26(25)28)23-15-11-10-12-16-23/h10-12,15-16,18-19,21,28H,2-9,13-14,17,20,22H2,1H3. The highest BCUT2D eigenvalue weighted by Gasteiger charge is 2.05. The van der Waals surface area contributed by atoms with Gasteiger partial charge in [0.1, 0.15) is 5.75 Å². The minimum atomic E-state index is -0.0659. The molecule has 0 spiro atoms. The summed E-state index contributed by atoms with van der Waals surface area (Å²) in [5.41, 5.74) is 3.07. The highest BCUT2D eigenvalue weighted by molar-refractivity contribution is 5.69. The van der Waals surface area contributed by atoms with Crippen molar-refractivity contribution >= 4 is 5.97 Å². The smallest absolute Gasteiger partial charge is 0.305 e. The van der Waals surface area contributed by atoms with Gasteiger partial charge in [-0.2, -0.15) is 0 Å². The van der Waals surface area contributed by atoms with Crippen LogP contribution in [0.15, 0.2) is 48.5 Å². The average Bonchev–Trinajstić information content (AvgIpc) is 2.79. The molecule has 0 aliphatic carbocycles. The number of unbranched alkanes of at least 4 members (excludes halogenated alkanes) is 8. The lowest BCUT2D eigenvalue weighted by Crippen LogP contribution is -2.03. The summed E-state index contributed by atoms with van der Waals surface area (Å²) in [5.74, 6) is 0.228. The summed E-state index contributed by atoms with van der Waals surface area (Å²) in [5, 5.41) is 10.1. The van der Waals surface area contributed by atoms with Crippen LogP contribution in [0.4, 0.5) is 0 Å². The number of hydrogen-bond donors (Lipinski definition) is 1. The predicted molar refractivity (Wildman–Crippen MR) is 126 cm³/mol. The first kappa shape index (κ1) is 24.9. The predicted octanol–water partition coefficient (Wildman–Crippen LogP) is 7.04. The first-order valence-electron chi connectivity index (χ1n) is 11.8. The number of esters is 1. The number of hydrogen-bond acceptors (Lipinski definition) is 4. The molecule has 0 atom stereocenters. The van der Waals surface area contributed by atoms with Crippen LogP contribution >= 0.6 is 0 Å². The first-order chi connectivity index (χ1) is 15.2. The Kier molecular flexibility index (Phi) is 12.4. The van der Waals surface area contributed by atoms with E-state index in [4.69, 9.17) is 9.47 Å². The van der Waals surface area contributed by atoms with Crippen molar-refractivity contribution in [3.63, 3.8) is 0 Å². The van der Waals surface area contributed by atoms with Crippen molar-refractivity contribution in [1.29, 1.82) is 0 Å². The molecule has 0 aliphatic rings. The van der Waals surface area contributed by atoms with Gasteiger partial charge in [0, 0.05) is 18.6 Å². The fourth-order valence-corrected chi connectivity index (χ4v) is 3.64. The Morgan fingerprint density at radius 3 is 2.13 bits per heavy atom. The molecule has 0 saturated carbocycles. The molecule has 1 N–H and O–H groups in total. The number of carbonyl (C=O) groups excluding carboxylic acids is 1. The van der Waals surface area contributed by atoms with Crippen LogP contribution in [0.1, 0.15) is 76.7 Å². The molecule has 0 heterocycles. The number of rotatable bonds is 16. The van der Waals surface area contributed by atoms with E-state index in [1.807, 2.05) is 37.3 Å². The molecule has 0 saturated heterocycles. The van der Waals surface area contributed by atoms with Gasteiger partial charge in [-0.3, -0.25) is 4.79 Å². The van der Waals surface area contributed by atoms with Crippen molar-refractivity contribution in [3.05, 3.63) is 54.1 Å². The maximum Gasteiger partial charge on any atom is 0.305 e. The van der Waals surface area contributed by atoms with E-state index in [9.17, 15) is 9.90 Å². The molecule has 0 radical (unpaired) electrons. The van der Waals surface area contributed by atoms with Crippen LogP contribution in [-0.4, -0.2) is 24.3 Å². The molecule has 0 unspecified atom stereocenters. The van der Waals surface area contributed by atoms with Gasteiger partial charge < -0.3 is 14.6 Å². The van der Waals surface area contributed by atoms with Gasteiger partial charge in [0.2, 0.25) is 0 Å². The Bertz CT molecular complexity index is 742. The third kappa shape index (κ3) is 10.5. The zero-order valence-electron chi connectivity index (χ0n) is 19.0. The van der Waals surface area contributed by atoms with E-state index < -0.39 is 0 Å². The van der Waals surface area contributed by atoms with Gasteiger partial charge in [-0.25, -0.2) is 0 Å². The second kappa shape index (κ2) is 15.5. The van der Waals surface area contributed by atoms with Crippen LogP contribution in [0.5, 0.6) is 5.75 Å². The zero-order valence-corrected chi connectivity index (χ0v) is 19.0. The maximum atomic E-state index is 11.3. The van der Waals surface area contributed by atoms with Gasteiger partial charge in [-0.1, -0.05) is 81.3 Å². The normalized spacial score (nSPS) is 10.9. The van der Waals surface area contributed by atoms with E-state index in [2.05, 4.69) is 12.1 Å². The molecule has 0 aliphatic heterocycles. The Morgan fingerprint density at radius 1 is 0.806 bits per heavy atom. The minimum absolute atomic E-state index is 0.0659. The van der Waals surface area contributed by atoms with Gasteiger partial charge in [0.05, 0.1) is 13.2 Å². The lowest BCUT2D eigenvalue weighted by molar-refractivity contribution is -0.143. The second-order valence-corrected chi connectivity index (χ2v) is 8.00. The van der Waals surface area contributed by atoms with Gasteiger partial charge in [0.25, 0.3) is 0 Å². The summed E-state index contributed by atoms with van der Waals surface area (Å²) >= 11 is 0. The van der Waals surface area contributed by atoms with E-state index in [0.717, 1.165) is 42.6 Å². The molecular formula is C27H38O4. The maximum absolute atomic E-state index is 11.3. The number of phenols is 1. The summed E-state index contributed by atoms with van der Waals surface area (Å²) in [4.78, 5) is 11.3. The van der Waals surface area contributed by atoms with Gasteiger partial charge in [0.15, 0.2) is 0 Å². The monoisotopic (exact) mass is 426 g/mol. The fourth-order valence-electron chi connectivity index (χ4n) is 3.64. The summed E-state index contributed by atoms with van der Waals surface area (Å²) in [6.45, 7) is 3.49. The third-order valence-corrected chi connectivity index (χ3v) is 5.42. The molecular weight excluding hydrogens is 388 g/mol. The topological polar surface area (TPSA) is 55.8 Å². The summed E-state index contributed by atoms with van der Waals surface area (Å²) < 4.78 is 10.7. The molecule has 0 amide bonds. The molecule has 0 aromatic heterocycles. The van der Waals surface area contributed by atoms with Crippen LogP contribution in [0.3, 0.4) is 0 Å². The molecule has 2 aromatic rings. The van der Waals surface area contributed by atoms with E-state index in [-0.39, 0.29) is 5.97 Å². The van der Waals surface area contributed by atoms with Crippen LogP contribution in [-0.2, 0) is 20.9 Å². The van der Waals surface area contributed by atoms with E-state index in [1.165, 1.54) is 38.5 Å². The SMILES string of the molecule is CCOC(=O)CCCCCCCCCCCOCc1cc(-c2ccccc2)ccc1O. The van der Waals surface area contributed by atoms with Crippen LogP contribution in [0.25, 0.3) is 11.1 Å². The molecule has 0 bridgehead atoms. The zero-order chi connectivity index (χ0) is 22.2. The van der Waals surface area contributed by atoms with Crippen molar-refractivity contribution in [2.24, 2.45) is 0 Å². The summed E-state index contributed by atoms with van der Waals surface area (Å²) in [7, 11) is 0. The Balaban J connectivity index is 1.48. The largest absolute Gasteiger partial charge is 0.508 e. The number of ether oxygens (including phenoxy) is 2. The van der Waals surface area contributed by atoms with E-state index in [1.54, 1.807) is 6.07 Å². The summed E-state index contributed by atoms with van der Waals surface area (Å²) in [6, 6.07) is 15.9. The van der Waals surface area contributed by atoms with Gasteiger partial charge in [-0.05, 0) is 43.0 Å². The van der Waals surface area contributed by atoms with Gasteiger partial charge >= 0.3 is 5.97 Å². The first-order valence-corrected chi connectivity index (χ1v) is 11.8. The van der Waals surface area contributed by atoms with Crippen molar-refractivity contribution in [3.8, 4) is 16.9 Å². The molecule has 2 rings (SSSR count). The van der Waals surface area contributed by atoms with Crippen molar-refractivity contribution in [2.75, 3.05) is 13.2 Å². The van der Waals surface area contributed by atoms with E-state index in [0.29, 0.717) is 25.4 Å². The van der Waals surface area contributed by atoms with Crippen molar-refractivity contribution in [1.82, 2.24) is 0 Å². The molecule has 170 valence electrons. The Hall–Kier alpha value is -2.33. The molecule has 31 heavy (non-hydrogen) atoms. The third-order valence-electron chi connectivity index (χ3n) is 5.42. The molecule has 4 heteroatoms. The number of phenolic OH excluding ortho intramolecular Hbond substituents is 1. The number of aromatic hydroxyl groups is 1. The number of benzene rings is 2. The number of carbonyl (C=O) groups is 1. The van der Waals surface area contributed by atoms with E-state index >= 15 is 0 Å². The lowest BCUT2D eigenvalue weighted by Gasteiger charge is -2.09. The highest BCUT2D eigenvalue weighted by Crippen LogP contribution is 2.26. The average molecular weight is 427 g/mol. The van der Waals surface area contributed by atoms with Crippen molar-refractivity contribution in [2.45, 2.75) is 77.7 Å². The van der Waals surface area contributed by atoms with Gasteiger partial charge in [-0.15, -0.1) is 0 Å². The van der Waals surface area contributed by atoms with Crippen LogP contribution in [0, 0.1) is 0 Å². The highest BCUT2D eigenvalue weighted by atomic mass is 16.5. The minimum Gasteiger partial charge on any atom is -0.508 e. The lowest BCUT2D eigenvalue weighted by atomic mass is 10.0. The molecule has 4 nitrogen and oxygen atoms in total. The summed E-state index contributed by atoms with van der Waals surface area (Å²) in [6.07, 6.45) is 11.1. The van der Waals surface area contributed by atoms with Crippen molar-refractivity contribution < 1.29 is 19.4 Å². The fraction of sp³-hybridized carbons (Fsp3) is 0.519. The van der Waals surface area contributed by atoms with Crippen LogP contribution < -0.4 is 0 Å². The van der Waals surface area contributed by atoms with Crippen LogP contribution in [0.2, 0.25) is 0 Å². The Morgan fingerprint density at radius 2 is 1.45 bits per heavy atom. The Labute approximate surface area is 187 Å². The molecule has 2 aromatic carbocycles.